The summed E-state index contributed by atoms with van der Waals surface area (Å²) in [4.78, 5) is 0. The van der Waals surface area contributed by atoms with Gasteiger partial charge in [-0.15, -0.1) is 0 Å². The van der Waals surface area contributed by atoms with Gasteiger partial charge in [0.2, 0.25) is 0 Å². The Balaban J connectivity index is 2.97. The number of benzene rings is 1. The summed E-state index contributed by atoms with van der Waals surface area (Å²) in [5, 5.41) is 9.15. The molecule has 0 aliphatic rings. The average molecular weight is 221 g/mol. The van der Waals surface area contributed by atoms with Crippen LogP contribution >= 0.6 is 0 Å². The number of rotatable bonds is 4. The first-order chi connectivity index (χ1) is 7.39. The molecular formula is C14H23NO. The fraction of sp³-hybridized carbons (Fsp3) is 0.571. The van der Waals surface area contributed by atoms with Crippen LogP contribution in [-0.2, 0) is 5.41 Å². The molecule has 90 valence electrons. The molecule has 2 nitrogen and oxygen atoms in total. The van der Waals surface area contributed by atoms with Crippen molar-refractivity contribution in [3.8, 4) is 0 Å². The molecule has 2 heteroatoms. The minimum Gasteiger partial charge on any atom is -0.395 e. The SMILES string of the molecule is CC(C)c1ccc(C(C)(C)C(N)CO)cc1. The molecule has 3 N–H and O–H groups in total. The largest absolute Gasteiger partial charge is 0.395 e. The summed E-state index contributed by atoms with van der Waals surface area (Å²) in [5.41, 5.74) is 8.25. The third-order valence-corrected chi connectivity index (χ3v) is 3.45. The molecule has 1 rings (SSSR count). The minimum atomic E-state index is -0.225. The van der Waals surface area contributed by atoms with E-state index in [9.17, 15) is 0 Å². The topological polar surface area (TPSA) is 46.2 Å². The molecule has 0 spiro atoms. The highest BCUT2D eigenvalue weighted by molar-refractivity contribution is 5.30. The van der Waals surface area contributed by atoms with E-state index in [1.165, 1.54) is 11.1 Å². The predicted octanol–water partition coefficient (Wildman–Crippen LogP) is 2.41. The fourth-order valence-electron chi connectivity index (χ4n) is 1.74. The highest BCUT2D eigenvalue weighted by atomic mass is 16.3. The summed E-state index contributed by atoms with van der Waals surface area (Å²) in [7, 11) is 0. The molecule has 0 aromatic heterocycles. The molecule has 0 heterocycles. The molecule has 0 bridgehead atoms. The van der Waals surface area contributed by atoms with Crippen LogP contribution in [0.1, 0.15) is 44.7 Å². The molecule has 0 saturated heterocycles. The Kier molecular flexibility index (Phi) is 4.11. The zero-order valence-corrected chi connectivity index (χ0v) is 10.7. The van der Waals surface area contributed by atoms with E-state index in [1.807, 2.05) is 0 Å². The molecule has 16 heavy (non-hydrogen) atoms. The second-order valence-electron chi connectivity index (χ2n) is 5.29. The molecule has 0 saturated carbocycles. The first-order valence-electron chi connectivity index (χ1n) is 5.86. The summed E-state index contributed by atoms with van der Waals surface area (Å²) in [5.74, 6) is 0.545. The van der Waals surface area contributed by atoms with Gasteiger partial charge in [0.1, 0.15) is 0 Å². The van der Waals surface area contributed by atoms with Crippen molar-refractivity contribution in [2.45, 2.75) is 45.1 Å². The van der Waals surface area contributed by atoms with Crippen molar-refractivity contribution in [1.82, 2.24) is 0 Å². The van der Waals surface area contributed by atoms with Gasteiger partial charge in [-0.25, -0.2) is 0 Å². The Morgan fingerprint density at radius 1 is 1.19 bits per heavy atom. The van der Waals surface area contributed by atoms with Crippen molar-refractivity contribution in [2.75, 3.05) is 6.61 Å². The molecule has 1 aromatic rings. The zero-order chi connectivity index (χ0) is 12.3. The van der Waals surface area contributed by atoms with E-state index < -0.39 is 0 Å². The van der Waals surface area contributed by atoms with E-state index in [0.29, 0.717) is 5.92 Å². The van der Waals surface area contributed by atoms with Gasteiger partial charge in [0, 0.05) is 11.5 Å². The van der Waals surface area contributed by atoms with Gasteiger partial charge in [0.15, 0.2) is 0 Å². The summed E-state index contributed by atoms with van der Waals surface area (Å²) in [6.07, 6.45) is 0. The van der Waals surface area contributed by atoms with E-state index in [-0.39, 0.29) is 18.1 Å². The highest BCUT2D eigenvalue weighted by Gasteiger charge is 2.27. The first-order valence-corrected chi connectivity index (χ1v) is 5.86. The molecule has 0 aliphatic carbocycles. The van der Waals surface area contributed by atoms with Crippen LogP contribution in [0.4, 0.5) is 0 Å². The van der Waals surface area contributed by atoms with Gasteiger partial charge in [0.25, 0.3) is 0 Å². The Hall–Kier alpha value is -0.860. The van der Waals surface area contributed by atoms with Crippen LogP contribution < -0.4 is 5.73 Å². The van der Waals surface area contributed by atoms with E-state index in [0.717, 1.165) is 0 Å². The van der Waals surface area contributed by atoms with Gasteiger partial charge in [-0.05, 0) is 17.0 Å². The minimum absolute atomic E-state index is 0.0128. The zero-order valence-electron chi connectivity index (χ0n) is 10.7. The summed E-state index contributed by atoms with van der Waals surface area (Å²) in [6, 6.07) is 8.30. The van der Waals surface area contributed by atoms with E-state index in [2.05, 4.69) is 52.0 Å². The normalized spacial score (nSPS) is 14.2. The molecule has 1 atom stereocenters. The Morgan fingerprint density at radius 3 is 2.06 bits per heavy atom. The van der Waals surface area contributed by atoms with E-state index in [1.54, 1.807) is 0 Å². The second kappa shape index (κ2) is 4.98. The third kappa shape index (κ3) is 2.63. The van der Waals surface area contributed by atoms with E-state index in [4.69, 9.17) is 10.8 Å². The standard InChI is InChI=1S/C14H23NO/c1-10(2)11-5-7-12(8-6-11)14(3,4)13(15)9-16/h5-8,10,13,16H,9,15H2,1-4H3. The molecule has 0 fully saturated rings. The molecule has 0 amide bonds. The molecule has 1 unspecified atom stereocenters. The van der Waals surface area contributed by atoms with Crippen LogP contribution in [0, 0.1) is 0 Å². The molecule has 1 aromatic carbocycles. The number of aliphatic hydroxyl groups is 1. The summed E-state index contributed by atoms with van der Waals surface area (Å²) in [6.45, 7) is 8.51. The quantitative estimate of drug-likeness (QED) is 0.820. The average Bonchev–Trinajstić information content (AvgIpc) is 2.28. The van der Waals surface area contributed by atoms with Gasteiger partial charge in [-0.1, -0.05) is 52.0 Å². The molecule has 0 aliphatic heterocycles. The van der Waals surface area contributed by atoms with Crippen molar-refractivity contribution in [2.24, 2.45) is 5.73 Å². The number of hydrogen-bond donors (Lipinski definition) is 2. The predicted molar refractivity (Wildman–Crippen MR) is 68.6 cm³/mol. The van der Waals surface area contributed by atoms with Gasteiger partial charge < -0.3 is 10.8 Å². The van der Waals surface area contributed by atoms with Crippen molar-refractivity contribution in [1.29, 1.82) is 0 Å². The van der Waals surface area contributed by atoms with Crippen LogP contribution in [0.15, 0.2) is 24.3 Å². The molecular weight excluding hydrogens is 198 g/mol. The maximum absolute atomic E-state index is 9.15. The lowest BCUT2D eigenvalue weighted by atomic mass is 9.78. The Bertz CT molecular complexity index is 327. The Morgan fingerprint density at radius 2 is 1.69 bits per heavy atom. The van der Waals surface area contributed by atoms with Crippen LogP contribution in [-0.4, -0.2) is 17.8 Å². The van der Waals surface area contributed by atoms with Crippen molar-refractivity contribution < 1.29 is 5.11 Å². The second-order valence-corrected chi connectivity index (χ2v) is 5.29. The lowest BCUT2D eigenvalue weighted by molar-refractivity contribution is 0.220. The maximum Gasteiger partial charge on any atom is 0.0591 e. The van der Waals surface area contributed by atoms with Crippen LogP contribution in [0.3, 0.4) is 0 Å². The lowest BCUT2D eigenvalue weighted by Crippen LogP contribution is -2.43. The maximum atomic E-state index is 9.15. The number of nitrogens with two attached hydrogens (primary N) is 1. The van der Waals surface area contributed by atoms with Crippen LogP contribution in [0.25, 0.3) is 0 Å². The van der Waals surface area contributed by atoms with Gasteiger partial charge in [-0.3, -0.25) is 0 Å². The molecule has 0 radical (unpaired) electrons. The highest BCUT2D eigenvalue weighted by Crippen LogP contribution is 2.27. The monoisotopic (exact) mass is 221 g/mol. The summed E-state index contributed by atoms with van der Waals surface area (Å²) < 4.78 is 0. The smallest absolute Gasteiger partial charge is 0.0591 e. The van der Waals surface area contributed by atoms with Crippen molar-refractivity contribution in [3.63, 3.8) is 0 Å². The van der Waals surface area contributed by atoms with Crippen molar-refractivity contribution in [3.05, 3.63) is 35.4 Å². The van der Waals surface area contributed by atoms with Crippen molar-refractivity contribution >= 4 is 0 Å². The lowest BCUT2D eigenvalue weighted by Gasteiger charge is -2.31. The first kappa shape index (κ1) is 13.2. The van der Waals surface area contributed by atoms with Gasteiger partial charge >= 0.3 is 0 Å². The summed E-state index contributed by atoms with van der Waals surface area (Å²) >= 11 is 0. The number of hydrogen-bond acceptors (Lipinski definition) is 2. The number of aliphatic hydroxyl groups excluding tert-OH is 1. The van der Waals surface area contributed by atoms with Gasteiger partial charge in [0.05, 0.1) is 6.61 Å². The Labute approximate surface area is 98.5 Å². The third-order valence-electron chi connectivity index (χ3n) is 3.45. The van der Waals surface area contributed by atoms with Gasteiger partial charge in [-0.2, -0.15) is 0 Å². The fourth-order valence-corrected chi connectivity index (χ4v) is 1.74. The van der Waals surface area contributed by atoms with E-state index >= 15 is 0 Å². The van der Waals surface area contributed by atoms with Crippen LogP contribution in [0.2, 0.25) is 0 Å². The van der Waals surface area contributed by atoms with Crippen LogP contribution in [0.5, 0.6) is 0 Å².